The third-order valence-electron chi connectivity index (χ3n) is 5.18. The Morgan fingerprint density at radius 2 is 1.73 bits per heavy atom. The number of guanidine groups is 1. The number of rotatable bonds is 6. The summed E-state index contributed by atoms with van der Waals surface area (Å²) >= 11 is 0. The number of nitrogens with zero attached hydrogens (tertiary/aromatic N) is 3. The maximum atomic E-state index is 12.7. The number of aliphatic imine (C=N–C) groups is 1. The molecule has 0 aromatic heterocycles. The molecule has 0 unspecified atom stereocenters. The molecule has 172 valence electrons. The largest absolute Gasteiger partial charge is 0.511 e. The summed E-state index contributed by atoms with van der Waals surface area (Å²) in [7, 11) is -1.63. The number of piperidine rings is 1. The second-order valence-electron chi connectivity index (χ2n) is 7.25. The molecule has 0 amide bonds. The highest BCUT2D eigenvalue weighted by atomic mass is 127. The predicted octanol–water partition coefficient (Wildman–Crippen LogP) is 3.44. The molecule has 1 N–H and O–H groups in total. The standard InChI is InChI=1S/C19H29F3N4O2S.HI/c1-4-15-5-7-17(8-6-15)14-25(3)18(23-2)24-13-16-9-11-26(12-10-16)29(27,28)19(20,21)22;/h5-8,16H,4,9-14H2,1-3H3,(H,23,24);1H. The van der Waals surface area contributed by atoms with E-state index >= 15 is 0 Å². The van der Waals surface area contributed by atoms with E-state index in [-0.39, 0.29) is 43.0 Å². The van der Waals surface area contributed by atoms with Gasteiger partial charge in [0.15, 0.2) is 5.96 Å². The first kappa shape index (κ1) is 27.0. The average Bonchev–Trinajstić information content (AvgIpc) is 2.68. The number of benzene rings is 1. The summed E-state index contributed by atoms with van der Waals surface area (Å²) in [5, 5.41) is 3.25. The Balaban J connectivity index is 0.00000450. The molecule has 0 saturated carbocycles. The van der Waals surface area contributed by atoms with Crippen LogP contribution in [0.15, 0.2) is 29.3 Å². The smallest absolute Gasteiger partial charge is 0.356 e. The van der Waals surface area contributed by atoms with Crippen LogP contribution in [0.4, 0.5) is 13.2 Å². The van der Waals surface area contributed by atoms with Gasteiger partial charge in [-0.05, 0) is 36.3 Å². The van der Waals surface area contributed by atoms with E-state index < -0.39 is 15.5 Å². The molecule has 1 aliphatic rings. The number of alkyl halides is 3. The monoisotopic (exact) mass is 562 g/mol. The minimum absolute atomic E-state index is 0. The Morgan fingerprint density at radius 3 is 2.20 bits per heavy atom. The zero-order chi connectivity index (χ0) is 21.7. The molecule has 2 rings (SSSR count). The van der Waals surface area contributed by atoms with Gasteiger partial charge in [0.05, 0.1) is 0 Å². The Kier molecular flexibility index (Phi) is 10.3. The molecule has 1 fully saturated rings. The summed E-state index contributed by atoms with van der Waals surface area (Å²) in [4.78, 5) is 6.24. The van der Waals surface area contributed by atoms with Crippen LogP contribution in [-0.4, -0.2) is 62.8 Å². The minimum atomic E-state index is -5.24. The Morgan fingerprint density at radius 1 is 1.20 bits per heavy atom. The van der Waals surface area contributed by atoms with E-state index in [0.717, 1.165) is 12.0 Å². The summed E-state index contributed by atoms with van der Waals surface area (Å²) in [6.45, 7) is 3.08. The van der Waals surface area contributed by atoms with Crippen LogP contribution >= 0.6 is 24.0 Å². The molecule has 1 saturated heterocycles. The first-order chi connectivity index (χ1) is 13.6. The highest BCUT2D eigenvalue weighted by Crippen LogP contribution is 2.30. The van der Waals surface area contributed by atoms with E-state index in [0.29, 0.717) is 36.2 Å². The van der Waals surface area contributed by atoms with Crippen LogP contribution in [0, 0.1) is 5.92 Å². The predicted molar refractivity (Wildman–Crippen MR) is 123 cm³/mol. The van der Waals surface area contributed by atoms with Crippen molar-refractivity contribution in [2.24, 2.45) is 10.9 Å². The molecule has 1 aromatic rings. The number of hydrogen-bond donors (Lipinski definition) is 1. The second kappa shape index (κ2) is 11.5. The van der Waals surface area contributed by atoms with E-state index in [1.165, 1.54) is 5.56 Å². The normalized spacial score (nSPS) is 16.8. The van der Waals surface area contributed by atoms with Crippen molar-refractivity contribution in [1.82, 2.24) is 14.5 Å². The maximum Gasteiger partial charge on any atom is 0.511 e. The van der Waals surface area contributed by atoms with Gasteiger partial charge < -0.3 is 10.2 Å². The summed E-state index contributed by atoms with van der Waals surface area (Å²) < 4.78 is 61.5. The van der Waals surface area contributed by atoms with Gasteiger partial charge in [0.2, 0.25) is 0 Å². The fourth-order valence-electron chi connectivity index (χ4n) is 3.35. The zero-order valence-corrected chi connectivity index (χ0v) is 20.6. The number of sulfonamides is 1. The molecule has 6 nitrogen and oxygen atoms in total. The molecule has 1 aliphatic heterocycles. The van der Waals surface area contributed by atoms with E-state index in [2.05, 4.69) is 41.5 Å². The van der Waals surface area contributed by atoms with Gasteiger partial charge in [-0.3, -0.25) is 4.99 Å². The number of hydrogen-bond acceptors (Lipinski definition) is 3. The summed E-state index contributed by atoms with van der Waals surface area (Å²) in [6, 6.07) is 8.36. The molecular weight excluding hydrogens is 532 g/mol. The fraction of sp³-hybridized carbons (Fsp3) is 0.632. The van der Waals surface area contributed by atoms with Gasteiger partial charge in [-0.15, -0.1) is 24.0 Å². The van der Waals surface area contributed by atoms with Gasteiger partial charge in [0.25, 0.3) is 0 Å². The third-order valence-corrected chi connectivity index (χ3v) is 6.81. The Bertz CT molecular complexity index is 793. The van der Waals surface area contributed by atoms with Gasteiger partial charge in [-0.25, -0.2) is 8.42 Å². The zero-order valence-electron chi connectivity index (χ0n) is 17.4. The molecule has 0 radical (unpaired) electrons. The molecular formula is C19H30F3IN4O2S. The lowest BCUT2D eigenvalue weighted by Gasteiger charge is -2.32. The highest BCUT2D eigenvalue weighted by Gasteiger charge is 2.50. The topological polar surface area (TPSA) is 65.0 Å². The van der Waals surface area contributed by atoms with E-state index in [1.54, 1.807) is 7.05 Å². The van der Waals surface area contributed by atoms with Crippen LogP contribution in [0.25, 0.3) is 0 Å². The molecule has 11 heteroatoms. The molecule has 1 aromatic carbocycles. The minimum Gasteiger partial charge on any atom is -0.356 e. The maximum absolute atomic E-state index is 12.7. The first-order valence-electron chi connectivity index (χ1n) is 9.64. The van der Waals surface area contributed by atoms with Crippen LogP contribution in [0.3, 0.4) is 0 Å². The highest BCUT2D eigenvalue weighted by molar-refractivity contribution is 14.0. The number of aryl methyl sites for hydroxylation is 1. The SMILES string of the molecule is CCc1ccc(CN(C)C(=NC)NCC2CCN(S(=O)(=O)C(F)(F)F)CC2)cc1.I. The average molecular weight is 562 g/mol. The van der Waals surface area contributed by atoms with Gasteiger partial charge in [-0.2, -0.15) is 17.5 Å². The third kappa shape index (κ3) is 6.98. The van der Waals surface area contributed by atoms with Gasteiger partial charge in [0.1, 0.15) is 0 Å². The first-order valence-corrected chi connectivity index (χ1v) is 11.1. The van der Waals surface area contributed by atoms with Crippen molar-refractivity contribution in [1.29, 1.82) is 0 Å². The van der Waals surface area contributed by atoms with Crippen LogP contribution in [-0.2, 0) is 23.0 Å². The van der Waals surface area contributed by atoms with Gasteiger partial charge >= 0.3 is 15.5 Å². The van der Waals surface area contributed by atoms with Crippen LogP contribution < -0.4 is 5.32 Å². The van der Waals surface area contributed by atoms with E-state index in [9.17, 15) is 21.6 Å². The van der Waals surface area contributed by atoms with Gasteiger partial charge in [0, 0.05) is 40.3 Å². The molecule has 0 spiro atoms. The van der Waals surface area contributed by atoms with Crippen molar-refractivity contribution in [3.8, 4) is 0 Å². The lowest BCUT2D eigenvalue weighted by atomic mass is 9.98. The molecule has 0 aliphatic carbocycles. The molecule has 0 atom stereocenters. The van der Waals surface area contributed by atoms with Crippen molar-refractivity contribution >= 4 is 40.0 Å². The van der Waals surface area contributed by atoms with E-state index in [4.69, 9.17) is 0 Å². The quantitative estimate of drug-likeness (QED) is 0.328. The Labute approximate surface area is 194 Å². The Hall–Kier alpha value is -1.08. The summed E-state index contributed by atoms with van der Waals surface area (Å²) in [5.41, 5.74) is -2.81. The molecule has 0 bridgehead atoms. The van der Waals surface area contributed by atoms with Crippen molar-refractivity contribution in [2.75, 3.05) is 33.7 Å². The lowest BCUT2D eigenvalue weighted by molar-refractivity contribution is -0.0496. The van der Waals surface area contributed by atoms with E-state index in [1.807, 2.05) is 11.9 Å². The van der Waals surface area contributed by atoms with Crippen LogP contribution in [0.5, 0.6) is 0 Å². The fourth-order valence-corrected chi connectivity index (χ4v) is 4.33. The van der Waals surface area contributed by atoms with Crippen LogP contribution in [0.1, 0.15) is 30.9 Å². The van der Waals surface area contributed by atoms with Gasteiger partial charge in [-0.1, -0.05) is 31.2 Å². The number of nitrogens with one attached hydrogen (secondary N) is 1. The van der Waals surface area contributed by atoms with Crippen molar-refractivity contribution in [2.45, 2.75) is 38.2 Å². The molecule has 1 heterocycles. The molecule has 30 heavy (non-hydrogen) atoms. The second-order valence-corrected chi connectivity index (χ2v) is 9.18. The summed E-state index contributed by atoms with van der Waals surface area (Å²) in [5.74, 6) is 0.776. The number of halogens is 4. The lowest BCUT2D eigenvalue weighted by Crippen LogP contribution is -2.47. The van der Waals surface area contributed by atoms with Crippen molar-refractivity contribution in [3.05, 3.63) is 35.4 Å². The van der Waals surface area contributed by atoms with Crippen molar-refractivity contribution < 1.29 is 21.6 Å². The summed E-state index contributed by atoms with van der Waals surface area (Å²) in [6.07, 6.45) is 1.74. The van der Waals surface area contributed by atoms with Crippen LogP contribution in [0.2, 0.25) is 0 Å². The van der Waals surface area contributed by atoms with Crippen molar-refractivity contribution in [3.63, 3.8) is 0 Å².